The van der Waals surface area contributed by atoms with Crippen molar-refractivity contribution in [3.05, 3.63) is 40.6 Å². The van der Waals surface area contributed by atoms with Gasteiger partial charge >= 0.3 is 0 Å². The molecule has 0 fully saturated rings. The number of methoxy groups -OCH3 is 1. The van der Waals surface area contributed by atoms with Crippen LogP contribution in [0.5, 0.6) is 5.75 Å². The van der Waals surface area contributed by atoms with Crippen molar-refractivity contribution in [2.45, 2.75) is 26.2 Å². The van der Waals surface area contributed by atoms with Crippen molar-refractivity contribution >= 4 is 15.9 Å². The lowest BCUT2D eigenvalue weighted by Crippen LogP contribution is -2.03. The minimum Gasteiger partial charge on any atom is -0.497 e. The summed E-state index contributed by atoms with van der Waals surface area (Å²) in [6, 6.07) is 7.80. The van der Waals surface area contributed by atoms with E-state index in [2.05, 4.69) is 34.7 Å². The molecule has 0 aliphatic carbocycles. The second-order valence-corrected chi connectivity index (χ2v) is 4.43. The number of ether oxygens (including phenoxy) is 2. The number of halogens is 1. The highest BCUT2D eigenvalue weighted by Gasteiger charge is 2.02. The molecule has 0 bridgehead atoms. The zero-order valence-electron chi connectivity index (χ0n) is 11.4. The van der Waals surface area contributed by atoms with Crippen LogP contribution in [-0.2, 0) is 4.74 Å². The second-order valence-electron chi connectivity index (χ2n) is 3.97. The standard InChI is InChI=1S/C16H19BrO2/c1-3-4-5-6-9-14-10-7-8-11-16(14)19-13-15(12-17)18-2/h7-8,10-12H,3-5,13H2,1-2H3/b15-12+. The Labute approximate surface area is 123 Å². The van der Waals surface area contributed by atoms with Gasteiger partial charge in [-0.3, -0.25) is 0 Å². The Bertz CT molecular complexity index is 469. The third kappa shape index (κ3) is 5.85. The van der Waals surface area contributed by atoms with E-state index in [0.29, 0.717) is 6.61 Å². The van der Waals surface area contributed by atoms with Crippen molar-refractivity contribution < 1.29 is 9.47 Å². The summed E-state index contributed by atoms with van der Waals surface area (Å²) in [5.41, 5.74) is 0.920. The van der Waals surface area contributed by atoms with Crippen LogP contribution >= 0.6 is 15.9 Å². The number of rotatable bonds is 6. The van der Waals surface area contributed by atoms with Crippen LogP contribution in [0.25, 0.3) is 0 Å². The fraction of sp³-hybridized carbons (Fsp3) is 0.375. The Morgan fingerprint density at radius 1 is 1.37 bits per heavy atom. The number of unbranched alkanes of at least 4 members (excludes halogenated alkanes) is 2. The average molecular weight is 323 g/mol. The van der Waals surface area contributed by atoms with Gasteiger partial charge in [-0.15, -0.1) is 0 Å². The van der Waals surface area contributed by atoms with E-state index < -0.39 is 0 Å². The molecule has 102 valence electrons. The van der Waals surface area contributed by atoms with Crippen LogP contribution in [0.15, 0.2) is 35.0 Å². The number of hydrogen-bond acceptors (Lipinski definition) is 2. The summed E-state index contributed by atoms with van der Waals surface area (Å²) in [4.78, 5) is 1.71. The molecule has 1 aromatic carbocycles. The molecule has 1 aromatic rings. The summed E-state index contributed by atoms with van der Waals surface area (Å²) in [6.07, 6.45) is 3.23. The Morgan fingerprint density at radius 2 is 2.16 bits per heavy atom. The summed E-state index contributed by atoms with van der Waals surface area (Å²) in [6.45, 7) is 2.55. The predicted octanol–water partition coefficient (Wildman–Crippen LogP) is 4.49. The Kier molecular flexibility index (Phi) is 7.84. The minimum atomic E-state index is 0.384. The van der Waals surface area contributed by atoms with Gasteiger partial charge in [0.25, 0.3) is 0 Å². The van der Waals surface area contributed by atoms with Gasteiger partial charge < -0.3 is 9.47 Å². The van der Waals surface area contributed by atoms with E-state index in [0.717, 1.165) is 29.9 Å². The van der Waals surface area contributed by atoms with Crippen LogP contribution in [0.2, 0.25) is 0 Å². The van der Waals surface area contributed by atoms with Crippen LogP contribution in [0.1, 0.15) is 31.7 Å². The molecule has 3 heteroatoms. The molecule has 1 rings (SSSR count). The SMILES string of the molecule is CCCCC#Cc1ccccc1OC/C(=C\Br)OC. The van der Waals surface area contributed by atoms with Crippen molar-refractivity contribution in [3.63, 3.8) is 0 Å². The lowest BCUT2D eigenvalue weighted by molar-refractivity contribution is 0.220. The van der Waals surface area contributed by atoms with Gasteiger partial charge in [0.15, 0.2) is 0 Å². The van der Waals surface area contributed by atoms with E-state index in [1.807, 2.05) is 24.3 Å². The van der Waals surface area contributed by atoms with Crippen LogP contribution in [0, 0.1) is 11.8 Å². The third-order valence-corrected chi connectivity index (χ3v) is 3.03. The number of hydrogen-bond donors (Lipinski definition) is 0. The molecule has 0 saturated carbocycles. The maximum absolute atomic E-state index is 5.71. The molecule has 0 radical (unpaired) electrons. The van der Waals surface area contributed by atoms with E-state index >= 15 is 0 Å². The molecule has 19 heavy (non-hydrogen) atoms. The topological polar surface area (TPSA) is 18.5 Å². The van der Waals surface area contributed by atoms with Crippen LogP contribution in [0.3, 0.4) is 0 Å². The van der Waals surface area contributed by atoms with E-state index in [9.17, 15) is 0 Å². The fourth-order valence-corrected chi connectivity index (χ4v) is 1.72. The zero-order chi connectivity index (χ0) is 13.9. The summed E-state index contributed by atoms with van der Waals surface area (Å²) >= 11 is 3.23. The van der Waals surface area contributed by atoms with Crippen molar-refractivity contribution in [1.29, 1.82) is 0 Å². The fourth-order valence-electron chi connectivity index (χ4n) is 1.40. The summed E-state index contributed by atoms with van der Waals surface area (Å²) < 4.78 is 10.8. The molecule has 2 nitrogen and oxygen atoms in total. The quantitative estimate of drug-likeness (QED) is 0.436. The first-order valence-corrected chi connectivity index (χ1v) is 7.27. The molecule has 0 aliphatic rings. The molecule has 0 heterocycles. The van der Waals surface area contributed by atoms with Gasteiger partial charge in [-0.05, 0) is 18.6 Å². The molecular weight excluding hydrogens is 304 g/mol. The highest BCUT2D eigenvalue weighted by atomic mass is 79.9. The monoisotopic (exact) mass is 322 g/mol. The van der Waals surface area contributed by atoms with Gasteiger partial charge in [-0.1, -0.05) is 53.2 Å². The maximum Gasteiger partial charge on any atom is 0.146 e. The first-order valence-electron chi connectivity index (χ1n) is 6.35. The summed E-state index contributed by atoms with van der Waals surface area (Å²) in [5.74, 6) is 7.85. The Morgan fingerprint density at radius 3 is 2.84 bits per heavy atom. The second kappa shape index (κ2) is 9.52. The summed E-state index contributed by atoms with van der Waals surface area (Å²) in [5, 5.41) is 0. The molecule has 0 N–H and O–H groups in total. The lowest BCUT2D eigenvalue weighted by Gasteiger charge is -2.09. The van der Waals surface area contributed by atoms with Crippen molar-refractivity contribution in [3.8, 4) is 17.6 Å². The van der Waals surface area contributed by atoms with Gasteiger partial charge in [0.1, 0.15) is 18.1 Å². The molecule has 0 saturated heterocycles. The molecule has 0 atom stereocenters. The van der Waals surface area contributed by atoms with Crippen molar-refractivity contribution in [1.82, 2.24) is 0 Å². The lowest BCUT2D eigenvalue weighted by atomic mass is 10.2. The number of benzene rings is 1. The van der Waals surface area contributed by atoms with Gasteiger partial charge in [0.2, 0.25) is 0 Å². The minimum absolute atomic E-state index is 0.384. The first kappa shape index (κ1) is 15.7. The van der Waals surface area contributed by atoms with Gasteiger partial charge in [-0.25, -0.2) is 0 Å². The molecule has 0 unspecified atom stereocenters. The predicted molar refractivity (Wildman–Crippen MR) is 82.4 cm³/mol. The zero-order valence-corrected chi connectivity index (χ0v) is 13.0. The molecule has 0 aliphatic heterocycles. The smallest absolute Gasteiger partial charge is 0.146 e. The first-order chi connectivity index (χ1) is 9.31. The van der Waals surface area contributed by atoms with E-state index in [1.54, 1.807) is 12.1 Å². The van der Waals surface area contributed by atoms with Crippen LogP contribution < -0.4 is 4.74 Å². The largest absolute Gasteiger partial charge is 0.497 e. The van der Waals surface area contributed by atoms with Crippen molar-refractivity contribution in [2.24, 2.45) is 0 Å². The van der Waals surface area contributed by atoms with Crippen LogP contribution in [-0.4, -0.2) is 13.7 Å². The van der Waals surface area contributed by atoms with E-state index in [4.69, 9.17) is 9.47 Å². The van der Waals surface area contributed by atoms with Gasteiger partial charge in [-0.2, -0.15) is 0 Å². The summed E-state index contributed by atoms with van der Waals surface area (Å²) in [7, 11) is 1.62. The number of para-hydroxylation sites is 1. The normalized spacial score (nSPS) is 10.6. The highest BCUT2D eigenvalue weighted by molar-refractivity contribution is 9.11. The third-order valence-electron chi connectivity index (χ3n) is 2.52. The Balaban J connectivity index is 2.69. The molecular formula is C16H19BrO2. The average Bonchev–Trinajstić information content (AvgIpc) is 2.46. The van der Waals surface area contributed by atoms with E-state index in [-0.39, 0.29) is 0 Å². The Hall–Kier alpha value is -1.40. The molecule has 0 spiro atoms. The van der Waals surface area contributed by atoms with E-state index in [1.165, 1.54) is 6.42 Å². The maximum atomic E-state index is 5.71. The van der Waals surface area contributed by atoms with Gasteiger partial charge in [0, 0.05) is 11.4 Å². The van der Waals surface area contributed by atoms with Crippen LogP contribution in [0.4, 0.5) is 0 Å². The molecule has 0 aromatic heterocycles. The van der Waals surface area contributed by atoms with Crippen molar-refractivity contribution in [2.75, 3.05) is 13.7 Å². The van der Waals surface area contributed by atoms with Gasteiger partial charge in [0.05, 0.1) is 12.7 Å². The molecule has 0 amide bonds. The highest BCUT2D eigenvalue weighted by Crippen LogP contribution is 2.18.